The maximum atomic E-state index is 11.6. The van der Waals surface area contributed by atoms with E-state index in [9.17, 15) is 4.79 Å². The lowest BCUT2D eigenvalue weighted by Crippen LogP contribution is -2.24. The molecule has 0 saturated carbocycles. The topological polar surface area (TPSA) is 130 Å². The number of nitrogens with two attached hydrogens (primary N) is 1. The molecule has 108 valence electrons. The first-order chi connectivity index (χ1) is 10.2. The Hall–Kier alpha value is -3.17. The molecule has 0 saturated heterocycles. The normalized spacial score (nSPS) is 12.8. The Morgan fingerprint density at radius 1 is 1.48 bits per heavy atom. The van der Waals surface area contributed by atoms with Crippen LogP contribution in [0.15, 0.2) is 23.3 Å². The van der Waals surface area contributed by atoms with E-state index in [-0.39, 0.29) is 19.3 Å². The average Bonchev–Trinajstić information content (AvgIpc) is 3.07. The second-order valence-electron chi connectivity index (χ2n) is 4.08. The number of tetrazole rings is 1. The zero-order valence-corrected chi connectivity index (χ0v) is 10.8. The highest BCUT2D eigenvalue weighted by atomic mass is 16.7. The van der Waals surface area contributed by atoms with Gasteiger partial charge in [-0.15, -0.1) is 5.10 Å². The van der Waals surface area contributed by atoms with Crippen LogP contribution in [0.5, 0.6) is 11.5 Å². The summed E-state index contributed by atoms with van der Waals surface area (Å²) in [6, 6.07) is 5.33. The van der Waals surface area contributed by atoms with Crippen molar-refractivity contribution >= 4 is 18.1 Å². The Morgan fingerprint density at radius 2 is 2.33 bits per heavy atom. The third-order valence-corrected chi connectivity index (χ3v) is 2.55. The van der Waals surface area contributed by atoms with Gasteiger partial charge in [0, 0.05) is 0 Å². The van der Waals surface area contributed by atoms with E-state index in [2.05, 4.69) is 25.9 Å². The molecule has 0 unspecified atom stereocenters. The van der Waals surface area contributed by atoms with Gasteiger partial charge in [0.15, 0.2) is 11.5 Å². The molecule has 0 bridgehead atoms. The third-order valence-electron chi connectivity index (χ3n) is 2.55. The second-order valence-corrected chi connectivity index (χ2v) is 4.08. The summed E-state index contributed by atoms with van der Waals surface area (Å²) in [6.07, 6.45) is 1.49. The lowest BCUT2D eigenvalue weighted by Gasteiger charge is -1.99. The lowest BCUT2D eigenvalue weighted by atomic mass is 10.2. The first-order valence-corrected chi connectivity index (χ1v) is 5.95. The summed E-state index contributed by atoms with van der Waals surface area (Å²) < 4.78 is 10.4. The predicted octanol–water partition coefficient (Wildman–Crippen LogP) is -0.866. The molecule has 2 aromatic rings. The van der Waals surface area contributed by atoms with Crippen molar-refractivity contribution in [2.24, 2.45) is 5.10 Å². The van der Waals surface area contributed by atoms with E-state index < -0.39 is 5.91 Å². The lowest BCUT2D eigenvalue weighted by molar-refractivity contribution is -0.122. The summed E-state index contributed by atoms with van der Waals surface area (Å²) in [5.41, 5.74) is 8.40. The fourth-order valence-electron chi connectivity index (χ4n) is 1.66. The van der Waals surface area contributed by atoms with E-state index in [1.807, 2.05) is 0 Å². The number of aromatic nitrogens is 4. The van der Waals surface area contributed by atoms with Crippen molar-refractivity contribution in [1.82, 2.24) is 25.6 Å². The van der Waals surface area contributed by atoms with Crippen LogP contribution in [0.25, 0.3) is 0 Å². The van der Waals surface area contributed by atoms with E-state index >= 15 is 0 Å². The molecule has 1 amide bonds. The maximum absolute atomic E-state index is 11.6. The minimum absolute atomic E-state index is 0.00617. The number of nitrogens with zero attached hydrogens (tertiary/aromatic N) is 5. The molecule has 2 heterocycles. The van der Waals surface area contributed by atoms with Crippen LogP contribution in [0.4, 0.5) is 5.95 Å². The SMILES string of the molecule is Nc1nnn(CC(=O)N/N=C/c2ccc3c(c2)OCO3)n1. The Bertz CT molecular complexity index is 697. The van der Waals surface area contributed by atoms with Crippen LogP contribution in [0, 0.1) is 0 Å². The number of carbonyl (C=O) groups is 1. The second kappa shape index (κ2) is 5.45. The smallest absolute Gasteiger partial charge is 0.263 e. The molecule has 10 heteroatoms. The van der Waals surface area contributed by atoms with Gasteiger partial charge in [-0.1, -0.05) is 5.10 Å². The monoisotopic (exact) mass is 289 g/mol. The van der Waals surface area contributed by atoms with Crippen molar-refractivity contribution in [2.75, 3.05) is 12.5 Å². The van der Waals surface area contributed by atoms with Gasteiger partial charge >= 0.3 is 0 Å². The van der Waals surface area contributed by atoms with Gasteiger partial charge in [-0.05, 0) is 29.0 Å². The number of nitrogens with one attached hydrogen (secondary N) is 1. The van der Waals surface area contributed by atoms with Gasteiger partial charge in [-0.2, -0.15) is 9.90 Å². The van der Waals surface area contributed by atoms with Gasteiger partial charge < -0.3 is 15.2 Å². The van der Waals surface area contributed by atoms with E-state index in [0.717, 1.165) is 10.4 Å². The van der Waals surface area contributed by atoms with Gasteiger partial charge in [0.05, 0.1) is 6.21 Å². The molecule has 1 aromatic carbocycles. The van der Waals surface area contributed by atoms with E-state index in [4.69, 9.17) is 15.2 Å². The number of nitrogen functional groups attached to an aromatic ring is 1. The number of amides is 1. The summed E-state index contributed by atoms with van der Waals surface area (Å²) in [5, 5.41) is 14.5. The molecule has 10 nitrogen and oxygen atoms in total. The number of fused-ring (bicyclic) bond motifs is 1. The van der Waals surface area contributed by atoms with Crippen molar-refractivity contribution in [2.45, 2.75) is 6.54 Å². The first-order valence-electron chi connectivity index (χ1n) is 5.95. The van der Waals surface area contributed by atoms with E-state index in [1.54, 1.807) is 18.2 Å². The Morgan fingerprint density at radius 3 is 3.14 bits per heavy atom. The minimum Gasteiger partial charge on any atom is -0.454 e. The van der Waals surface area contributed by atoms with Gasteiger partial charge in [-0.3, -0.25) is 4.79 Å². The number of hydrazone groups is 1. The van der Waals surface area contributed by atoms with E-state index in [0.29, 0.717) is 11.5 Å². The van der Waals surface area contributed by atoms with Crippen molar-refractivity contribution in [3.63, 3.8) is 0 Å². The number of ether oxygens (including phenoxy) is 2. The number of hydrogen-bond donors (Lipinski definition) is 2. The maximum Gasteiger partial charge on any atom is 0.263 e. The predicted molar refractivity (Wildman–Crippen MR) is 70.5 cm³/mol. The fourth-order valence-corrected chi connectivity index (χ4v) is 1.66. The summed E-state index contributed by atoms with van der Waals surface area (Å²) in [7, 11) is 0. The molecule has 1 aliphatic heterocycles. The van der Waals surface area contributed by atoms with Gasteiger partial charge in [0.25, 0.3) is 11.9 Å². The molecule has 21 heavy (non-hydrogen) atoms. The highest BCUT2D eigenvalue weighted by Gasteiger charge is 2.12. The molecular formula is C11H11N7O3. The summed E-state index contributed by atoms with van der Waals surface area (Å²) in [5.74, 6) is 0.939. The van der Waals surface area contributed by atoms with Crippen LogP contribution in [0.3, 0.4) is 0 Å². The van der Waals surface area contributed by atoms with Crippen molar-refractivity contribution in [3.8, 4) is 11.5 Å². The number of hydrogen-bond acceptors (Lipinski definition) is 8. The molecule has 0 atom stereocenters. The van der Waals surface area contributed by atoms with Crippen LogP contribution in [0.2, 0.25) is 0 Å². The quantitative estimate of drug-likeness (QED) is 0.553. The molecule has 0 aliphatic carbocycles. The Labute approximate surface area is 118 Å². The fraction of sp³-hybridized carbons (Fsp3) is 0.182. The number of carbonyl (C=O) groups excluding carboxylic acids is 1. The van der Waals surface area contributed by atoms with Crippen LogP contribution in [-0.2, 0) is 11.3 Å². The van der Waals surface area contributed by atoms with Gasteiger partial charge in [0.1, 0.15) is 6.54 Å². The highest BCUT2D eigenvalue weighted by molar-refractivity contribution is 5.83. The molecule has 1 aromatic heterocycles. The Balaban J connectivity index is 1.55. The average molecular weight is 289 g/mol. The molecule has 0 radical (unpaired) electrons. The summed E-state index contributed by atoms with van der Waals surface area (Å²) in [6.45, 7) is 0.0867. The first kappa shape index (κ1) is 12.8. The van der Waals surface area contributed by atoms with Crippen LogP contribution < -0.4 is 20.6 Å². The zero-order valence-electron chi connectivity index (χ0n) is 10.8. The van der Waals surface area contributed by atoms with Crippen LogP contribution >= 0.6 is 0 Å². The summed E-state index contributed by atoms with van der Waals surface area (Å²) >= 11 is 0. The number of anilines is 1. The molecular weight excluding hydrogens is 278 g/mol. The largest absolute Gasteiger partial charge is 0.454 e. The molecule has 0 spiro atoms. The summed E-state index contributed by atoms with van der Waals surface area (Å²) in [4.78, 5) is 12.6. The van der Waals surface area contributed by atoms with Crippen molar-refractivity contribution in [1.29, 1.82) is 0 Å². The number of benzene rings is 1. The van der Waals surface area contributed by atoms with Crippen molar-refractivity contribution < 1.29 is 14.3 Å². The van der Waals surface area contributed by atoms with Gasteiger partial charge in [-0.25, -0.2) is 5.43 Å². The molecule has 3 N–H and O–H groups in total. The molecule has 0 fully saturated rings. The third kappa shape index (κ3) is 3.05. The van der Waals surface area contributed by atoms with Crippen LogP contribution in [0.1, 0.15) is 5.56 Å². The standard InChI is InChI=1S/C11H11N7O3/c12-11-15-17-18(16-11)5-10(19)14-13-4-7-1-2-8-9(3-7)21-6-20-8/h1-4H,5-6H2,(H2,12,16)(H,14,19)/b13-4+. The van der Waals surface area contributed by atoms with E-state index in [1.165, 1.54) is 6.21 Å². The minimum atomic E-state index is -0.399. The molecule has 1 aliphatic rings. The highest BCUT2D eigenvalue weighted by Crippen LogP contribution is 2.31. The molecule has 3 rings (SSSR count). The van der Waals surface area contributed by atoms with Crippen molar-refractivity contribution in [3.05, 3.63) is 23.8 Å². The van der Waals surface area contributed by atoms with Crippen LogP contribution in [-0.4, -0.2) is 39.1 Å². The number of rotatable bonds is 4. The Kier molecular flexibility index (Phi) is 3.33. The zero-order chi connectivity index (χ0) is 14.7. The van der Waals surface area contributed by atoms with Gasteiger partial charge in [0.2, 0.25) is 6.79 Å².